The first-order chi connectivity index (χ1) is 7.84. The van der Waals surface area contributed by atoms with Crippen LogP contribution in [0.2, 0.25) is 0 Å². The third kappa shape index (κ3) is 3.32. The Bertz CT molecular complexity index is 339. The van der Waals surface area contributed by atoms with Crippen molar-refractivity contribution in [3.8, 4) is 0 Å². The second kappa shape index (κ2) is 5.63. The molecule has 1 aliphatic heterocycles. The monoisotopic (exact) mass is 221 g/mol. The highest BCUT2D eigenvalue weighted by Crippen LogP contribution is 2.10. The summed E-state index contributed by atoms with van der Waals surface area (Å²) in [6.07, 6.45) is 1.15. The van der Waals surface area contributed by atoms with Crippen molar-refractivity contribution in [2.45, 2.75) is 25.6 Å². The number of benzene rings is 1. The van der Waals surface area contributed by atoms with Gasteiger partial charge in [-0.1, -0.05) is 30.3 Å². The number of hydroxylamine groups is 1. The summed E-state index contributed by atoms with van der Waals surface area (Å²) in [6.45, 7) is 0.974. The number of ether oxygens (including phenoxy) is 1. The summed E-state index contributed by atoms with van der Waals surface area (Å²) in [5.41, 5.74) is 3.48. The molecule has 1 unspecified atom stereocenters. The fraction of sp³-hybridized carbons (Fsp3) is 0.417. The van der Waals surface area contributed by atoms with Gasteiger partial charge in [0.25, 0.3) is 0 Å². The molecule has 1 atom stereocenters. The van der Waals surface area contributed by atoms with Crippen LogP contribution in [0.4, 0.5) is 0 Å². The Balaban J connectivity index is 1.79. The van der Waals surface area contributed by atoms with Crippen LogP contribution in [0.25, 0.3) is 0 Å². The predicted molar refractivity (Wildman–Crippen MR) is 58.3 cm³/mol. The average Bonchev–Trinajstić information content (AvgIpc) is 2.53. The molecule has 86 valence electrons. The Morgan fingerprint density at radius 1 is 1.38 bits per heavy atom. The second-order valence-corrected chi connectivity index (χ2v) is 3.79. The molecule has 1 N–H and O–H groups in total. The number of rotatable bonds is 3. The first-order valence-electron chi connectivity index (χ1n) is 5.41. The molecule has 1 aliphatic rings. The molecule has 1 aromatic rings. The van der Waals surface area contributed by atoms with E-state index >= 15 is 0 Å². The van der Waals surface area contributed by atoms with Crippen molar-refractivity contribution < 1.29 is 14.4 Å². The lowest BCUT2D eigenvalue weighted by molar-refractivity contribution is -0.132. The van der Waals surface area contributed by atoms with E-state index < -0.39 is 0 Å². The lowest BCUT2D eigenvalue weighted by Gasteiger charge is -2.13. The molecule has 1 heterocycles. The minimum absolute atomic E-state index is 0.0147. The highest BCUT2D eigenvalue weighted by Gasteiger charge is 2.17. The highest BCUT2D eigenvalue weighted by molar-refractivity contribution is 5.74. The molecule has 0 radical (unpaired) electrons. The standard InChI is InChI=1S/C12H15NO3/c14-12-7-6-11(9-16-13-12)15-8-10-4-2-1-3-5-10/h1-5,11H,6-9H2,(H,13,14). The van der Waals surface area contributed by atoms with E-state index in [0.29, 0.717) is 26.1 Å². The van der Waals surface area contributed by atoms with Crippen molar-refractivity contribution in [3.63, 3.8) is 0 Å². The van der Waals surface area contributed by atoms with E-state index in [9.17, 15) is 4.79 Å². The van der Waals surface area contributed by atoms with Crippen LogP contribution in [0.3, 0.4) is 0 Å². The number of hydrogen-bond donors (Lipinski definition) is 1. The molecular weight excluding hydrogens is 206 g/mol. The van der Waals surface area contributed by atoms with Gasteiger partial charge in [-0.2, -0.15) is 0 Å². The first kappa shape index (κ1) is 11.1. The number of carbonyl (C=O) groups excluding carboxylic acids is 1. The van der Waals surface area contributed by atoms with Gasteiger partial charge in [0.1, 0.15) is 6.61 Å². The molecule has 0 aliphatic carbocycles. The van der Waals surface area contributed by atoms with Crippen LogP contribution in [0.5, 0.6) is 0 Å². The number of nitrogens with one attached hydrogen (secondary N) is 1. The van der Waals surface area contributed by atoms with Gasteiger partial charge in [-0.15, -0.1) is 0 Å². The van der Waals surface area contributed by atoms with Gasteiger partial charge in [-0.05, 0) is 12.0 Å². The summed E-state index contributed by atoms with van der Waals surface area (Å²) in [6, 6.07) is 9.96. The molecule has 1 aromatic carbocycles. The van der Waals surface area contributed by atoms with Gasteiger partial charge in [0.2, 0.25) is 5.91 Å². The van der Waals surface area contributed by atoms with Gasteiger partial charge in [0, 0.05) is 6.42 Å². The van der Waals surface area contributed by atoms with Crippen molar-refractivity contribution in [1.82, 2.24) is 5.48 Å². The quantitative estimate of drug-likeness (QED) is 0.839. The SMILES string of the molecule is O=C1CCC(OCc2ccccc2)CON1. The molecule has 0 bridgehead atoms. The summed E-state index contributed by atoms with van der Waals surface area (Å²) in [4.78, 5) is 16.0. The third-order valence-electron chi connectivity index (χ3n) is 2.48. The molecule has 1 fully saturated rings. The van der Waals surface area contributed by atoms with Crippen molar-refractivity contribution in [3.05, 3.63) is 35.9 Å². The maximum Gasteiger partial charge on any atom is 0.243 e. The molecule has 16 heavy (non-hydrogen) atoms. The largest absolute Gasteiger partial charge is 0.371 e. The lowest BCUT2D eigenvalue weighted by atomic mass is 10.2. The average molecular weight is 221 g/mol. The fourth-order valence-corrected chi connectivity index (χ4v) is 1.56. The lowest BCUT2D eigenvalue weighted by Crippen LogP contribution is -2.23. The van der Waals surface area contributed by atoms with Gasteiger partial charge >= 0.3 is 0 Å². The van der Waals surface area contributed by atoms with Gasteiger partial charge in [0.05, 0.1) is 12.7 Å². The Hall–Kier alpha value is -1.39. The third-order valence-corrected chi connectivity index (χ3v) is 2.48. The van der Waals surface area contributed by atoms with Gasteiger partial charge in [0.15, 0.2) is 0 Å². The zero-order valence-corrected chi connectivity index (χ0v) is 9.02. The van der Waals surface area contributed by atoms with Crippen molar-refractivity contribution in [2.75, 3.05) is 6.61 Å². The van der Waals surface area contributed by atoms with Crippen LogP contribution >= 0.6 is 0 Å². The van der Waals surface area contributed by atoms with Crippen LogP contribution in [-0.4, -0.2) is 18.6 Å². The minimum Gasteiger partial charge on any atom is -0.371 e. The minimum atomic E-state index is -0.0780. The summed E-state index contributed by atoms with van der Waals surface area (Å²) in [5.74, 6) is -0.0780. The fourth-order valence-electron chi connectivity index (χ4n) is 1.56. The van der Waals surface area contributed by atoms with E-state index in [1.54, 1.807) is 0 Å². The van der Waals surface area contributed by atoms with Gasteiger partial charge < -0.3 is 4.74 Å². The van der Waals surface area contributed by atoms with Crippen LogP contribution < -0.4 is 5.48 Å². The van der Waals surface area contributed by atoms with E-state index in [1.165, 1.54) is 0 Å². The Kier molecular flexibility index (Phi) is 3.91. The molecule has 4 nitrogen and oxygen atoms in total. The molecule has 1 amide bonds. The van der Waals surface area contributed by atoms with Crippen molar-refractivity contribution >= 4 is 5.91 Å². The van der Waals surface area contributed by atoms with E-state index in [-0.39, 0.29) is 12.0 Å². The van der Waals surface area contributed by atoms with Crippen molar-refractivity contribution in [1.29, 1.82) is 0 Å². The van der Waals surface area contributed by atoms with E-state index in [4.69, 9.17) is 9.57 Å². The molecule has 0 spiro atoms. The predicted octanol–water partition coefficient (Wildman–Crippen LogP) is 1.41. The normalized spacial score (nSPS) is 21.2. The smallest absolute Gasteiger partial charge is 0.243 e. The zero-order valence-electron chi connectivity index (χ0n) is 9.02. The molecule has 0 saturated carbocycles. The Morgan fingerprint density at radius 2 is 2.19 bits per heavy atom. The molecule has 2 rings (SSSR count). The Labute approximate surface area is 94.5 Å². The maximum absolute atomic E-state index is 11.0. The molecule has 0 aromatic heterocycles. The molecular formula is C12H15NO3. The Morgan fingerprint density at radius 3 is 3.00 bits per heavy atom. The van der Waals surface area contributed by atoms with E-state index in [0.717, 1.165) is 5.56 Å². The summed E-state index contributed by atoms with van der Waals surface area (Å²) in [5, 5.41) is 0. The highest BCUT2D eigenvalue weighted by atomic mass is 16.7. The van der Waals surface area contributed by atoms with Crippen LogP contribution in [0, 0.1) is 0 Å². The van der Waals surface area contributed by atoms with Crippen molar-refractivity contribution in [2.24, 2.45) is 0 Å². The molecule has 1 saturated heterocycles. The zero-order chi connectivity index (χ0) is 11.2. The van der Waals surface area contributed by atoms with Gasteiger partial charge in [-0.3, -0.25) is 9.63 Å². The number of amides is 1. The topological polar surface area (TPSA) is 47.6 Å². The van der Waals surface area contributed by atoms with Crippen LogP contribution in [0.1, 0.15) is 18.4 Å². The molecule has 4 heteroatoms. The van der Waals surface area contributed by atoms with Crippen LogP contribution in [0.15, 0.2) is 30.3 Å². The van der Waals surface area contributed by atoms with Crippen LogP contribution in [-0.2, 0) is 21.0 Å². The summed E-state index contributed by atoms with van der Waals surface area (Å²) < 4.78 is 5.68. The number of hydrogen-bond acceptors (Lipinski definition) is 3. The number of carbonyl (C=O) groups is 1. The second-order valence-electron chi connectivity index (χ2n) is 3.79. The van der Waals surface area contributed by atoms with Gasteiger partial charge in [-0.25, -0.2) is 5.48 Å². The maximum atomic E-state index is 11.0. The van der Waals surface area contributed by atoms with E-state index in [1.807, 2.05) is 30.3 Å². The van der Waals surface area contributed by atoms with E-state index in [2.05, 4.69) is 5.48 Å². The first-order valence-corrected chi connectivity index (χ1v) is 5.41. The summed E-state index contributed by atoms with van der Waals surface area (Å²) in [7, 11) is 0. The summed E-state index contributed by atoms with van der Waals surface area (Å²) >= 11 is 0.